The van der Waals surface area contributed by atoms with E-state index in [4.69, 9.17) is 0 Å². The minimum atomic E-state index is -3.50. The highest BCUT2D eigenvalue weighted by Crippen LogP contribution is 2.20. The Kier molecular flexibility index (Phi) is 6.50. The van der Waals surface area contributed by atoms with Gasteiger partial charge in [-0.2, -0.15) is 5.10 Å². The van der Waals surface area contributed by atoms with Crippen LogP contribution in [0.15, 0.2) is 12.3 Å². The molecule has 1 aromatic heterocycles. The Morgan fingerprint density at radius 2 is 1.76 bits per heavy atom. The Morgan fingerprint density at radius 3 is 2.32 bits per heavy atom. The van der Waals surface area contributed by atoms with Gasteiger partial charge >= 0.3 is 0 Å². The van der Waals surface area contributed by atoms with Gasteiger partial charge in [0.25, 0.3) is 0 Å². The van der Waals surface area contributed by atoms with E-state index in [9.17, 15) is 16.8 Å². The molecule has 1 aromatic rings. The highest BCUT2D eigenvalue weighted by atomic mass is 32.2. The summed E-state index contributed by atoms with van der Waals surface area (Å²) in [5.41, 5.74) is 0. The lowest BCUT2D eigenvalue weighted by Gasteiger charge is -2.29. The normalized spacial score (nSPS) is 17.7. The molecule has 0 aromatic carbocycles. The Balaban J connectivity index is 1.81. The van der Waals surface area contributed by atoms with Gasteiger partial charge < -0.3 is 0 Å². The van der Waals surface area contributed by atoms with Crippen molar-refractivity contribution in [3.8, 4) is 0 Å². The summed E-state index contributed by atoms with van der Waals surface area (Å²) in [6, 6.07) is 1.62. The number of aromatic nitrogens is 2. The minimum Gasteiger partial charge on any atom is -0.274 e. The fraction of sp³-hybridized carbons (Fsp3) is 0.800. The molecule has 8 nitrogen and oxygen atoms in total. The van der Waals surface area contributed by atoms with Gasteiger partial charge in [0.15, 0.2) is 5.82 Å². The summed E-state index contributed by atoms with van der Waals surface area (Å²) >= 11 is 0. The number of hydrogen-bond acceptors (Lipinski definition) is 5. The van der Waals surface area contributed by atoms with Crippen LogP contribution in [-0.4, -0.2) is 62.6 Å². The third kappa shape index (κ3) is 5.42. The van der Waals surface area contributed by atoms with Crippen molar-refractivity contribution in [2.24, 2.45) is 13.0 Å². The number of piperidine rings is 1. The fourth-order valence-electron chi connectivity index (χ4n) is 2.81. The van der Waals surface area contributed by atoms with Gasteiger partial charge in [-0.3, -0.25) is 8.99 Å². The van der Waals surface area contributed by atoms with Gasteiger partial charge in [-0.1, -0.05) is 6.92 Å². The van der Waals surface area contributed by atoms with Crippen LogP contribution in [0.25, 0.3) is 0 Å². The number of aryl methyl sites for hydroxylation is 1. The minimum absolute atomic E-state index is 0.00417. The number of rotatable bonds is 8. The fourth-order valence-corrected chi connectivity index (χ4v) is 5.63. The van der Waals surface area contributed by atoms with Crippen LogP contribution in [0.2, 0.25) is 0 Å². The van der Waals surface area contributed by atoms with Gasteiger partial charge in [0, 0.05) is 39.4 Å². The van der Waals surface area contributed by atoms with Crippen molar-refractivity contribution >= 4 is 25.9 Å². The van der Waals surface area contributed by atoms with E-state index in [-0.39, 0.29) is 11.5 Å². The summed E-state index contributed by atoms with van der Waals surface area (Å²) in [4.78, 5) is 0. The third-order valence-electron chi connectivity index (χ3n) is 4.63. The quantitative estimate of drug-likeness (QED) is 0.616. The van der Waals surface area contributed by atoms with E-state index in [2.05, 4.69) is 12.0 Å². The summed E-state index contributed by atoms with van der Waals surface area (Å²) in [6.45, 7) is 3.28. The van der Waals surface area contributed by atoms with Crippen LogP contribution in [0.3, 0.4) is 0 Å². The van der Waals surface area contributed by atoms with Crippen molar-refractivity contribution in [2.45, 2.75) is 32.6 Å². The Hall–Kier alpha value is -1.13. The van der Waals surface area contributed by atoms with E-state index in [1.54, 1.807) is 23.6 Å². The molecule has 25 heavy (non-hydrogen) atoms. The highest BCUT2D eigenvalue weighted by molar-refractivity contribution is 7.92. The maximum absolute atomic E-state index is 12.3. The molecule has 0 aliphatic carbocycles. The molecule has 10 heteroatoms. The first kappa shape index (κ1) is 20.2. The van der Waals surface area contributed by atoms with Crippen molar-refractivity contribution in [1.29, 1.82) is 0 Å². The van der Waals surface area contributed by atoms with Gasteiger partial charge in [-0.25, -0.2) is 21.1 Å². The summed E-state index contributed by atoms with van der Waals surface area (Å²) in [6.07, 6.45) is 4.10. The predicted octanol–water partition coefficient (Wildman–Crippen LogP) is 1.03. The molecular weight excluding hydrogens is 364 g/mol. The lowest BCUT2D eigenvalue weighted by atomic mass is 10.0. The number of unbranched alkanes of at least 4 members (excludes halogenated alkanes) is 1. The zero-order chi connectivity index (χ0) is 18.7. The third-order valence-corrected chi connectivity index (χ3v) is 8.41. The van der Waals surface area contributed by atoms with Crippen LogP contribution in [0.4, 0.5) is 5.82 Å². The summed E-state index contributed by atoms with van der Waals surface area (Å²) in [5.74, 6) is 0.841. The van der Waals surface area contributed by atoms with Gasteiger partial charge in [0.05, 0.1) is 11.5 Å². The molecule has 144 valence electrons. The van der Waals surface area contributed by atoms with Crippen LogP contribution in [0, 0.1) is 5.92 Å². The average molecular weight is 393 g/mol. The zero-order valence-electron chi connectivity index (χ0n) is 15.1. The second-order valence-corrected chi connectivity index (χ2v) is 10.9. The second-order valence-electron chi connectivity index (χ2n) is 6.74. The topological polar surface area (TPSA) is 92.6 Å². The average Bonchev–Trinajstić information content (AvgIpc) is 2.97. The van der Waals surface area contributed by atoms with Crippen LogP contribution in [0.5, 0.6) is 0 Å². The molecule has 0 unspecified atom stereocenters. The Morgan fingerprint density at radius 1 is 1.16 bits per heavy atom. The molecule has 0 amide bonds. The van der Waals surface area contributed by atoms with Crippen molar-refractivity contribution in [1.82, 2.24) is 14.1 Å². The number of sulfonamides is 2. The zero-order valence-corrected chi connectivity index (χ0v) is 16.8. The van der Waals surface area contributed by atoms with Crippen LogP contribution >= 0.6 is 0 Å². The monoisotopic (exact) mass is 392 g/mol. The molecule has 2 heterocycles. The lowest BCUT2D eigenvalue weighted by Crippen LogP contribution is -2.39. The van der Waals surface area contributed by atoms with Crippen molar-refractivity contribution < 1.29 is 16.8 Å². The summed E-state index contributed by atoms with van der Waals surface area (Å²) in [5, 5.41) is 4.07. The van der Waals surface area contributed by atoms with Gasteiger partial charge in [-0.05, 0) is 31.6 Å². The van der Waals surface area contributed by atoms with E-state index in [1.807, 2.05) is 0 Å². The van der Waals surface area contributed by atoms with E-state index >= 15 is 0 Å². The number of anilines is 1. The predicted molar refractivity (Wildman–Crippen MR) is 98.4 cm³/mol. The van der Waals surface area contributed by atoms with Gasteiger partial charge in [0.1, 0.15) is 0 Å². The van der Waals surface area contributed by atoms with Crippen LogP contribution < -0.4 is 4.31 Å². The first-order chi connectivity index (χ1) is 11.6. The number of hydrogen-bond donors (Lipinski definition) is 0. The van der Waals surface area contributed by atoms with Gasteiger partial charge in [0.2, 0.25) is 20.0 Å². The molecular formula is C15H28N4O4S2. The molecule has 0 radical (unpaired) electrons. The highest BCUT2D eigenvalue weighted by Gasteiger charge is 2.26. The lowest BCUT2D eigenvalue weighted by molar-refractivity contribution is 0.288. The van der Waals surface area contributed by atoms with E-state index < -0.39 is 20.0 Å². The maximum Gasteiger partial charge on any atom is 0.236 e. The molecule has 1 saturated heterocycles. The molecule has 0 atom stereocenters. The van der Waals surface area contributed by atoms with Crippen LogP contribution in [0.1, 0.15) is 32.6 Å². The second kappa shape index (κ2) is 8.05. The van der Waals surface area contributed by atoms with E-state index in [1.165, 1.54) is 11.7 Å². The molecule has 1 aliphatic rings. The molecule has 1 aliphatic heterocycles. The summed E-state index contributed by atoms with van der Waals surface area (Å²) < 4.78 is 53.5. The molecule has 1 fully saturated rings. The maximum atomic E-state index is 12.3. The van der Waals surface area contributed by atoms with Gasteiger partial charge in [-0.15, -0.1) is 0 Å². The smallest absolute Gasteiger partial charge is 0.236 e. The Labute approximate surface area is 150 Å². The standard InChI is InChI=1S/C15H28N4O4S2/c1-14-6-10-19(11-7-14)25(22,23)13-5-4-12-24(20,21)18(3)15-8-9-17(2)16-15/h8-9,14H,4-7,10-13H2,1-3H3. The van der Waals surface area contributed by atoms with Crippen molar-refractivity contribution in [3.05, 3.63) is 12.3 Å². The summed E-state index contributed by atoms with van der Waals surface area (Å²) in [7, 11) is -3.61. The van der Waals surface area contributed by atoms with Crippen molar-refractivity contribution in [3.63, 3.8) is 0 Å². The molecule has 0 saturated carbocycles. The van der Waals surface area contributed by atoms with E-state index in [0.29, 0.717) is 37.7 Å². The Bertz CT molecular complexity index is 765. The van der Waals surface area contributed by atoms with Crippen LogP contribution in [-0.2, 0) is 27.1 Å². The molecule has 0 spiro atoms. The van der Waals surface area contributed by atoms with E-state index in [0.717, 1.165) is 17.1 Å². The first-order valence-electron chi connectivity index (χ1n) is 8.56. The first-order valence-corrected chi connectivity index (χ1v) is 11.8. The molecule has 0 N–H and O–H groups in total. The number of nitrogens with zero attached hydrogens (tertiary/aromatic N) is 4. The van der Waals surface area contributed by atoms with Crippen molar-refractivity contribution in [2.75, 3.05) is 35.9 Å². The SMILES string of the molecule is CC1CCN(S(=O)(=O)CCCCS(=O)(=O)N(C)c2ccn(C)n2)CC1. The largest absolute Gasteiger partial charge is 0.274 e. The molecule has 0 bridgehead atoms. The molecule has 2 rings (SSSR count).